The van der Waals surface area contributed by atoms with Crippen molar-refractivity contribution in [3.63, 3.8) is 0 Å². The Morgan fingerprint density at radius 2 is 1.77 bits per heavy atom. The van der Waals surface area contributed by atoms with Crippen LogP contribution in [-0.4, -0.2) is 11.7 Å². The summed E-state index contributed by atoms with van der Waals surface area (Å²) < 4.78 is 25.5. The molecule has 0 unspecified atom stereocenters. The molecule has 2 saturated carbocycles. The highest BCUT2D eigenvalue weighted by Gasteiger charge is 2.72. The summed E-state index contributed by atoms with van der Waals surface area (Å²) in [6.07, 6.45) is 0.851. The monoisotopic (exact) mass is 188 g/mol. The molecule has 0 bridgehead atoms. The molecule has 3 heteroatoms. The van der Waals surface area contributed by atoms with Crippen LogP contribution in [0.15, 0.2) is 0 Å². The van der Waals surface area contributed by atoms with E-state index in [2.05, 4.69) is 0 Å². The molecule has 0 aliphatic heterocycles. The number of fused-ring (bicyclic) bond motifs is 1. The normalized spacial score (nSPS) is 40.5. The van der Waals surface area contributed by atoms with Crippen molar-refractivity contribution in [1.82, 2.24) is 0 Å². The number of rotatable bonds is 2. The third kappa shape index (κ3) is 1.20. The van der Waals surface area contributed by atoms with Crippen molar-refractivity contribution in [3.8, 4) is 0 Å². The van der Waals surface area contributed by atoms with E-state index in [4.69, 9.17) is 0 Å². The molecular formula is C10H14F2O. The lowest BCUT2D eigenvalue weighted by Gasteiger charge is -2.14. The van der Waals surface area contributed by atoms with Crippen LogP contribution in [0.25, 0.3) is 0 Å². The van der Waals surface area contributed by atoms with Gasteiger partial charge in [-0.1, -0.05) is 13.8 Å². The van der Waals surface area contributed by atoms with Gasteiger partial charge in [0, 0.05) is 23.7 Å². The SMILES string of the molecule is CC(C)C(=O)[C@@H]1C[C@@H]2[C@H](C1)C2(F)F. The second-order valence-corrected chi connectivity index (χ2v) is 4.61. The van der Waals surface area contributed by atoms with E-state index in [0.29, 0.717) is 12.8 Å². The van der Waals surface area contributed by atoms with Crippen LogP contribution in [0.2, 0.25) is 0 Å². The van der Waals surface area contributed by atoms with Gasteiger partial charge >= 0.3 is 0 Å². The number of carbonyl (C=O) groups is 1. The Hall–Kier alpha value is -0.470. The van der Waals surface area contributed by atoms with Crippen molar-refractivity contribution in [2.75, 3.05) is 0 Å². The van der Waals surface area contributed by atoms with Crippen molar-refractivity contribution in [2.24, 2.45) is 23.7 Å². The van der Waals surface area contributed by atoms with Crippen LogP contribution >= 0.6 is 0 Å². The zero-order chi connectivity index (χ0) is 9.80. The highest BCUT2D eigenvalue weighted by atomic mass is 19.3. The Morgan fingerprint density at radius 1 is 1.31 bits per heavy atom. The van der Waals surface area contributed by atoms with E-state index >= 15 is 0 Å². The van der Waals surface area contributed by atoms with E-state index in [9.17, 15) is 13.6 Å². The van der Waals surface area contributed by atoms with Crippen LogP contribution in [0.5, 0.6) is 0 Å². The maximum atomic E-state index is 12.8. The molecule has 0 aromatic heterocycles. The topological polar surface area (TPSA) is 17.1 Å². The van der Waals surface area contributed by atoms with Gasteiger partial charge in [-0.25, -0.2) is 8.78 Å². The molecule has 13 heavy (non-hydrogen) atoms. The predicted molar refractivity (Wildman–Crippen MR) is 44.5 cm³/mol. The zero-order valence-corrected chi connectivity index (χ0v) is 7.89. The number of halogens is 2. The zero-order valence-electron chi connectivity index (χ0n) is 7.89. The molecular weight excluding hydrogens is 174 g/mol. The van der Waals surface area contributed by atoms with Crippen LogP contribution in [0.4, 0.5) is 8.78 Å². The summed E-state index contributed by atoms with van der Waals surface area (Å²) in [7, 11) is 0. The Bertz CT molecular complexity index is 233. The first-order chi connectivity index (χ1) is 5.94. The van der Waals surface area contributed by atoms with Crippen LogP contribution in [0, 0.1) is 23.7 Å². The molecule has 2 aliphatic rings. The predicted octanol–water partition coefficient (Wildman–Crippen LogP) is 2.50. The van der Waals surface area contributed by atoms with E-state index < -0.39 is 17.8 Å². The van der Waals surface area contributed by atoms with Gasteiger partial charge in [-0.3, -0.25) is 4.79 Å². The van der Waals surface area contributed by atoms with Gasteiger partial charge in [0.15, 0.2) is 0 Å². The molecule has 0 N–H and O–H groups in total. The molecule has 74 valence electrons. The molecule has 2 fully saturated rings. The van der Waals surface area contributed by atoms with Crippen molar-refractivity contribution in [3.05, 3.63) is 0 Å². The van der Waals surface area contributed by atoms with Gasteiger partial charge < -0.3 is 0 Å². The van der Waals surface area contributed by atoms with Crippen LogP contribution in [0.1, 0.15) is 26.7 Å². The number of Topliss-reactive ketones (excluding diaryl/α,β-unsaturated/α-hetero) is 1. The Labute approximate surface area is 76.5 Å². The molecule has 1 nitrogen and oxygen atoms in total. The second kappa shape index (κ2) is 2.52. The number of alkyl halides is 2. The van der Waals surface area contributed by atoms with Gasteiger partial charge in [-0.05, 0) is 12.8 Å². The Balaban J connectivity index is 1.94. The second-order valence-electron chi connectivity index (χ2n) is 4.61. The maximum absolute atomic E-state index is 12.8. The molecule has 3 atom stereocenters. The number of hydrogen-bond donors (Lipinski definition) is 0. The minimum absolute atomic E-state index is 0.00359. The molecule has 0 aromatic carbocycles. The third-order valence-corrected chi connectivity index (χ3v) is 3.41. The fourth-order valence-electron chi connectivity index (χ4n) is 2.52. The molecule has 2 rings (SSSR count). The smallest absolute Gasteiger partial charge is 0.254 e. The van der Waals surface area contributed by atoms with Gasteiger partial charge in [0.1, 0.15) is 5.78 Å². The summed E-state index contributed by atoms with van der Waals surface area (Å²) >= 11 is 0. The molecule has 0 heterocycles. The number of ketones is 1. The van der Waals surface area contributed by atoms with Gasteiger partial charge in [-0.15, -0.1) is 0 Å². The van der Waals surface area contributed by atoms with E-state index in [1.807, 2.05) is 13.8 Å². The van der Waals surface area contributed by atoms with Crippen molar-refractivity contribution in [1.29, 1.82) is 0 Å². The fraction of sp³-hybridized carbons (Fsp3) is 0.900. The van der Waals surface area contributed by atoms with E-state index in [0.717, 1.165) is 0 Å². The lowest BCUT2D eigenvalue weighted by Crippen LogP contribution is -2.21. The van der Waals surface area contributed by atoms with E-state index in [1.54, 1.807) is 0 Å². The standard InChI is InChI=1S/C10H14F2O/c1-5(2)9(13)6-3-7-8(4-6)10(7,11)12/h5-8H,3-4H2,1-2H3/t6-,7-,8+. The lowest BCUT2D eigenvalue weighted by atomic mass is 9.91. The van der Waals surface area contributed by atoms with E-state index in [1.165, 1.54) is 0 Å². The maximum Gasteiger partial charge on any atom is 0.254 e. The summed E-state index contributed by atoms with van der Waals surface area (Å²) in [6.45, 7) is 3.68. The lowest BCUT2D eigenvalue weighted by molar-refractivity contribution is -0.126. The number of hydrogen-bond acceptors (Lipinski definition) is 1. The summed E-state index contributed by atoms with van der Waals surface area (Å²) in [5.41, 5.74) is 0. The molecule has 0 aromatic rings. The highest BCUT2D eigenvalue weighted by Crippen LogP contribution is 2.65. The molecule has 0 saturated heterocycles. The van der Waals surface area contributed by atoms with Crippen LogP contribution in [-0.2, 0) is 4.79 Å². The van der Waals surface area contributed by atoms with Crippen molar-refractivity contribution in [2.45, 2.75) is 32.6 Å². The largest absolute Gasteiger partial charge is 0.299 e. The average Bonchev–Trinajstić information content (AvgIpc) is 2.53. The highest BCUT2D eigenvalue weighted by molar-refractivity contribution is 5.83. The minimum Gasteiger partial charge on any atom is -0.299 e. The first-order valence-electron chi connectivity index (χ1n) is 4.86. The van der Waals surface area contributed by atoms with Gasteiger partial charge in [0.05, 0.1) is 0 Å². The Morgan fingerprint density at radius 3 is 2.15 bits per heavy atom. The first-order valence-corrected chi connectivity index (χ1v) is 4.86. The van der Waals surface area contributed by atoms with Crippen molar-refractivity contribution >= 4 is 5.78 Å². The average molecular weight is 188 g/mol. The van der Waals surface area contributed by atoms with Gasteiger partial charge in [0.25, 0.3) is 5.92 Å². The molecule has 0 amide bonds. The van der Waals surface area contributed by atoms with Crippen molar-refractivity contribution < 1.29 is 13.6 Å². The van der Waals surface area contributed by atoms with Crippen LogP contribution in [0.3, 0.4) is 0 Å². The van der Waals surface area contributed by atoms with Gasteiger partial charge in [-0.2, -0.15) is 0 Å². The fourth-order valence-corrected chi connectivity index (χ4v) is 2.52. The summed E-state index contributed by atoms with van der Waals surface area (Å²) in [6, 6.07) is 0. The minimum atomic E-state index is -2.44. The Kier molecular flexibility index (Phi) is 1.76. The first kappa shape index (κ1) is 9.10. The van der Waals surface area contributed by atoms with E-state index in [-0.39, 0.29) is 17.6 Å². The molecule has 0 radical (unpaired) electrons. The summed E-state index contributed by atoms with van der Waals surface area (Å²) in [5, 5.41) is 0. The van der Waals surface area contributed by atoms with Crippen LogP contribution < -0.4 is 0 Å². The third-order valence-electron chi connectivity index (χ3n) is 3.41. The molecule has 0 spiro atoms. The summed E-state index contributed by atoms with van der Waals surface area (Å²) in [5.74, 6) is -3.29. The summed E-state index contributed by atoms with van der Waals surface area (Å²) in [4.78, 5) is 11.5. The molecule has 2 aliphatic carbocycles. The number of carbonyl (C=O) groups excluding carboxylic acids is 1. The quantitative estimate of drug-likeness (QED) is 0.650. The van der Waals surface area contributed by atoms with Gasteiger partial charge in [0.2, 0.25) is 0 Å².